The van der Waals surface area contributed by atoms with Crippen molar-refractivity contribution in [1.29, 1.82) is 0 Å². The molecule has 2 heteroatoms. The molecular formula is C14H18N2. The van der Waals surface area contributed by atoms with E-state index in [1.54, 1.807) is 0 Å². The van der Waals surface area contributed by atoms with Crippen LogP contribution in [0.25, 0.3) is 10.9 Å². The van der Waals surface area contributed by atoms with E-state index in [4.69, 9.17) is 0 Å². The molecule has 2 rings (SSSR count). The number of fused-ring (bicyclic) bond motifs is 1. The summed E-state index contributed by atoms with van der Waals surface area (Å²) in [6, 6.07) is 12.5. The van der Waals surface area contributed by atoms with E-state index in [2.05, 4.69) is 41.5 Å². The van der Waals surface area contributed by atoms with Gasteiger partial charge in [-0.1, -0.05) is 37.6 Å². The van der Waals surface area contributed by atoms with E-state index in [0.717, 1.165) is 24.3 Å². The average molecular weight is 214 g/mol. The Morgan fingerprint density at radius 1 is 1.12 bits per heavy atom. The Hall–Kier alpha value is -1.41. The van der Waals surface area contributed by atoms with Gasteiger partial charge in [-0.25, -0.2) is 0 Å². The van der Waals surface area contributed by atoms with Crippen LogP contribution in [0.1, 0.15) is 25.5 Å². The Balaban J connectivity index is 2.02. The second-order valence-corrected chi connectivity index (χ2v) is 4.03. The lowest BCUT2D eigenvalue weighted by atomic mass is 10.2. The van der Waals surface area contributed by atoms with Gasteiger partial charge in [-0.2, -0.15) is 0 Å². The second kappa shape index (κ2) is 5.61. The second-order valence-electron chi connectivity index (χ2n) is 4.03. The number of nitrogens with zero attached hydrogens (tertiary/aromatic N) is 1. The number of nitrogens with one attached hydrogen (secondary N) is 1. The van der Waals surface area contributed by atoms with E-state index in [0.29, 0.717) is 0 Å². The minimum absolute atomic E-state index is 0.866. The number of rotatable bonds is 5. The maximum Gasteiger partial charge on any atom is 0.0705 e. The molecule has 0 amide bonds. The summed E-state index contributed by atoms with van der Waals surface area (Å²) in [5.74, 6) is 0. The van der Waals surface area contributed by atoms with E-state index in [1.165, 1.54) is 18.2 Å². The van der Waals surface area contributed by atoms with Crippen LogP contribution in [0.4, 0.5) is 0 Å². The molecule has 84 valence electrons. The fourth-order valence-electron chi connectivity index (χ4n) is 1.72. The van der Waals surface area contributed by atoms with Crippen molar-refractivity contribution in [3.63, 3.8) is 0 Å². The van der Waals surface area contributed by atoms with Gasteiger partial charge in [0.05, 0.1) is 11.2 Å². The first-order valence-corrected chi connectivity index (χ1v) is 5.95. The van der Waals surface area contributed by atoms with E-state index < -0.39 is 0 Å². The maximum absolute atomic E-state index is 4.61. The Morgan fingerprint density at radius 3 is 2.88 bits per heavy atom. The lowest BCUT2D eigenvalue weighted by Crippen LogP contribution is -2.15. The molecule has 2 aromatic rings. The summed E-state index contributed by atoms with van der Waals surface area (Å²) >= 11 is 0. The van der Waals surface area contributed by atoms with Crippen molar-refractivity contribution in [3.8, 4) is 0 Å². The van der Waals surface area contributed by atoms with Gasteiger partial charge in [-0.15, -0.1) is 0 Å². The first-order chi connectivity index (χ1) is 7.90. The molecule has 0 atom stereocenters. The van der Waals surface area contributed by atoms with Crippen LogP contribution in [0, 0.1) is 0 Å². The zero-order chi connectivity index (χ0) is 11.2. The number of para-hydroxylation sites is 1. The van der Waals surface area contributed by atoms with Crippen LogP contribution >= 0.6 is 0 Å². The first kappa shape index (κ1) is 11.1. The molecule has 0 aliphatic carbocycles. The first-order valence-electron chi connectivity index (χ1n) is 5.95. The molecule has 0 saturated carbocycles. The third-order valence-electron chi connectivity index (χ3n) is 2.67. The van der Waals surface area contributed by atoms with Crippen molar-refractivity contribution < 1.29 is 0 Å². The largest absolute Gasteiger partial charge is 0.311 e. The summed E-state index contributed by atoms with van der Waals surface area (Å²) < 4.78 is 0. The molecule has 0 fully saturated rings. The van der Waals surface area contributed by atoms with Gasteiger partial charge < -0.3 is 5.32 Å². The molecule has 0 aliphatic heterocycles. The highest BCUT2D eigenvalue weighted by molar-refractivity contribution is 5.78. The highest BCUT2D eigenvalue weighted by Crippen LogP contribution is 2.11. The molecule has 1 N–H and O–H groups in total. The zero-order valence-corrected chi connectivity index (χ0v) is 9.74. The number of unbranched alkanes of at least 4 members (excludes halogenated alkanes) is 1. The normalized spacial score (nSPS) is 10.8. The van der Waals surface area contributed by atoms with E-state index in [1.807, 2.05) is 12.1 Å². The molecule has 1 heterocycles. The fourth-order valence-corrected chi connectivity index (χ4v) is 1.72. The summed E-state index contributed by atoms with van der Waals surface area (Å²) in [7, 11) is 0. The Morgan fingerprint density at radius 2 is 2.00 bits per heavy atom. The lowest BCUT2D eigenvalue weighted by Gasteiger charge is -2.04. The Bertz CT molecular complexity index is 451. The average Bonchev–Trinajstić information content (AvgIpc) is 2.34. The third-order valence-corrected chi connectivity index (χ3v) is 2.67. The molecular weight excluding hydrogens is 196 g/mol. The summed E-state index contributed by atoms with van der Waals surface area (Å²) in [5, 5.41) is 4.61. The number of benzene rings is 1. The van der Waals surface area contributed by atoms with E-state index in [-0.39, 0.29) is 0 Å². The molecule has 0 radical (unpaired) electrons. The van der Waals surface area contributed by atoms with E-state index >= 15 is 0 Å². The van der Waals surface area contributed by atoms with Crippen LogP contribution < -0.4 is 5.32 Å². The van der Waals surface area contributed by atoms with Crippen molar-refractivity contribution in [1.82, 2.24) is 10.3 Å². The zero-order valence-electron chi connectivity index (χ0n) is 9.74. The van der Waals surface area contributed by atoms with Crippen LogP contribution in [0.15, 0.2) is 36.4 Å². The minimum atomic E-state index is 0.866. The van der Waals surface area contributed by atoms with Crippen LogP contribution in [0.5, 0.6) is 0 Å². The van der Waals surface area contributed by atoms with Crippen LogP contribution in [-0.2, 0) is 6.54 Å². The van der Waals surface area contributed by atoms with Crippen LogP contribution in [0.3, 0.4) is 0 Å². The number of aromatic nitrogens is 1. The number of hydrogen-bond donors (Lipinski definition) is 1. The number of hydrogen-bond acceptors (Lipinski definition) is 2. The molecule has 0 spiro atoms. The third kappa shape index (κ3) is 2.80. The molecule has 2 nitrogen and oxygen atoms in total. The quantitative estimate of drug-likeness (QED) is 0.773. The SMILES string of the molecule is CCCCNCc1ccc2ccccc2n1. The molecule has 1 aromatic heterocycles. The molecule has 0 bridgehead atoms. The van der Waals surface area contributed by atoms with E-state index in [9.17, 15) is 0 Å². The summed E-state index contributed by atoms with van der Waals surface area (Å²) in [6.45, 7) is 4.14. The van der Waals surface area contributed by atoms with Crippen LogP contribution in [0.2, 0.25) is 0 Å². The lowest BCUT2D eigenvalue weighted by molar-refractivity contribution is 0.634. The van der Waals surface area contributed by atoms with Gasteiger partial charge in [0, 0.05) is 11.9 Å². The Kier molecular flexibility index (Phi) is 3.89. The highest BCUT2D eigenvalue weighted by Gasteiger charge is 1.96. The highest BCUT2D eigenvalue weighted by atomic mass is 14.9. The standard InChI is InChI=1S/C14H18N2/c1-2-3-10-15-11-13-9-8-12-6-4-5-7-14(12)16-13/h4-9,15H,2-3,10-11H2,1H3. The predicted molar refractivity (Wildman–Crippen MR) is 68.4 cm³/mol. The van der Waals surface area contributed by atoms with Gasteiger partial charge in [-0.05, 0) is 25.1 Å². The molecule has 0 saturated heterocycles. The van der Waals surface area contributed by atoms with Gasteiger partial charge in [0.15, 0.2) is 0 Å². The van der Waals surface area contributed by atoms with Crippen LogP contribution in [-0.4, -0.2) is 11.5 Å². The van der Waals surface area contributed by atoms with Gasteiger partial charge >= 0.3 is 0 Å². The van der Waals surface area contributed by atoms with Crippen molar-refractivity contribution in [2.24, 2.45) is 0 Å². The van der Waals surface area contributed by atoms with Crippen molar-refractivity contribution in [2.75, 3.05) is 6.54 Å². The Labute approximate surface area is 96.7 Å². The van der Waals surface area contributed by atoms with Gasteiger partial charge in [-0.3, -0.25) is 4.98 Å². The predicted octanol–water partition coefficient (Wildman–Crippen LogP) is 3.12. The van der Waals surface area contributed by atoms with Gasteiger partial charge in [0.25, 0.3) is 0 Å². The molecule has 1 aromatic carbocycles. The van der Waals surface area contributed by atoms with Crippen molar-refractivity contribution >= 4 is 10.9 Å². The van der Waals surface area contributed by atoms with Gasteiger partial charge in [0.2, 0.25) is 0 Å². The summed E-state index contributed by atoms with van der Waals surface area (Å²) in [5.41, 5.74) is 2.20. The topological polar surface area (TPSA) is 24.9 Å². The van der Waals surface area contributed by atoms with Gasteiger partial charge in [0.1, 0.15) is 0 Å². The summed E-state index contributed by atoms with van der Waals surface area (Å²) in [4.78, 5) is 4.61. The smallest absolute Gasteiger partial charge is 0.0705 e. The summed E-state index contributed by atoms with van der Waals surface area (Å²) in [6.07, 6.45) is 2.46. The maximum atomic E-state index is 4.61. The number of pyridine rings is 1. The minimum Gasteiger partial charge on any atom is -0.311 e. The molecule has 0 aliphatic rings. The molecule has 0 unspecified atom stereocenters. The van der Waals surface area contributed by atoms with Crippen molar-refractivity contribution in [3.05, 3.63) is 42.1 Å². The fraction of sp³-hybridized carbons (Fsp3) is 0.357. The van der Waals surface area contributed by atoms with Crippen molar-refractivity contribution in [2.45, 2.75) is 26.3 Å². The molecule has 16 heavy (non-hydrogen) atoms. The monoisotopic (exact) mass is 214 g/mol.